The van der Waals surface area contributed by atoms with Gasteiger partial charge in [-0.25, -0.2) is 9.37 Å². The molecule has 3 N–H and O–H groups in total. The SMILES string of the molecule is CCCNc1nc(Nc2cccc(F)c2)ncc1C#CCCCNC(=O)[C@H](C(C)C)N(C)C(=O)C=CCN(C)C. The van der Waals surface area contributed by atoms with Crippen LogP contribution in [0.5, 0.6) is 0 Å². The van der Waals surface area contributed by atoms with Crippen molar-refractivity contribution in [2.24, 2.45) is 5.92 Å². The van der Waals surface area contributed by atoms with E-state index in [0.717, 1.165) is 13.0 Å². The lowest BCUT2D eigenvalue weighted by Crippen LogP contribution is -2.50. The smallest absolute Gasteiger partial charge is 0.246 e. The number of likely N-dealkylation sites (N-methyl/N-ethyl adjacent to an activating group) is 2. The number of hydrogen-bond donors (Lipinski definition) is 3. The molecule has 0 aliphatic heterocycles. The zero-order chi connectivity index (χ0) is 29.5. The number of hydrogen-bond acceptors (Lipinski definition) is 7. The topological polar surface area (TPSA) is 102 Å². The molecule has 0 spiro atoms. The Labute approximate surface area is 237 Å². The number of nitrogens with zero attached hydrogens (tertiary/aromatic N) is 4. The van der Waals surface area contributed by atoms with E-state index in [2.05, 4.69) is 44.7 Å². The highest BCUT2D eigenvalue weighted by molar-refractivity contribution is 5.92. The number of anilines is 3. The van der Waals surface area contributed by atoms with Gasteiger partial charge in [-0.15, -0.1) is 0 Å². The Kier molecular flexibility index (Phi) is 13.6. The largest absolute Gasteiger partial charge is 0.369 e. The monoisotopic (exact) mass is 551 g/mol. The van der Waals surface area contributed by atoms with Gasteiger partial charge in [0, 0.05) is 44.9 Å². The van der Waals surface area contributed by atoms with Crippen LogP contribution in [-0.4, -0.2) is 78.4 Å². The van der Waals surface area contributed by atoms with Crippen LogP contribution in [0.3, 0.4) is 0 Å². The zero-order valence-electron chi connectivity index (χ0n) is 24.4. The van der Waals surface area contributed by atoms with Crippen molar-refractivity contribution in [2.45, 2.75) is 46.1 Å². The number of carbonyl (C=O) groups is 2. The van der Waals surface area contributed by atoms with Gasteiger partial charge in [0.2, 0.25) is 17.8 Å². The molecular formula is C30H42FN7O2. The molecule has 2 amide bonds. The first kappa shape index (κ1) is 32.2. The second kappa shape index (κ2) is 16.9. The number of rotatable bonds is 14. The maximum atomic E-state index is 13.5. The molecule has 40 heavy (non-hydrogen) atoms. The van der Waals surface area contributed by atoms with Crippen molar-refractivity contribution >= 4 is 29.3 Å². The average Bonchev–Trinajstić information content (AvgIpc) is 2.89. The molecule has 1 heterocycles. The predicted molar refractivity (Wildman–Crippen MR) is 159 cm³/mol. The Hall–Kier alpha value is -3.97. The van der Waals surface area contributed by atoms with Gasteiger partial charge in [0.05, 0.1) is 11.8 Å². The number of carbonyl (C=O) groups excluding carboxylic acids is 2. The van der Waals surface area contributed by atoms with E-state index in [1.807, 2.05) is 32.8 Å². The molecule has 0 aliphatic carbocycles. The highest BCUT2D eigenvalue weighted by Crippen LogP contribution is 2.18. The quantitative estimate of drug-likeness (QED) is 0.185. The summed E-state index contributed by atoms with van der Waals surface area (Å²) in [7, 11) is 5.50. The third-order valence-corrected chi connectivity index (χ3v) is 5.81. The molecule has 0 unspecified atom stereocenters. The van der Waals surface area contributed by atoms with Gasteiger partial charge < -0.3 is 25.8 Å². The fourth-order valence-electron chi connectivity index (χ4n) is 3.80. The van der Waals surface area contributed by atoms with Gasteiger partial charge in [0.25, 0.3) is 0 Å². The molecule has 2 rings (SSSR count). The fourth-order valence-corrected chi connectivity index (χ4v) is 3.80. The van der Waals surface area contributed by atoms with Crippen LogP contribution < -0.4 is 16.0 Å². The minimum absolute atomic E-state index is 0.0385. The maximum absolute atomic E-state index is 13.5. The van der Waals surface area contributed by atoms with Gasteiger partial charge >= 0.3 is 0 Å². The van der Waals surface area contributed by atoms with Crippen molar-refractivity contribution in [2.75, 3.05) is 51.4 Å². The second-order valence-electron chi connectivity index (χ2n) is 10.0. The minimum Gasteiger partial charge on any atom is -0.369 e. The Morgan fingerprint density at radius 1 is 1.18 bits per heavy atom. The number of aromatic nitrogens is 2. The maximum Gasteiger partial charge on any atom is 0.246 e. The van der Waals surface area contributed by atoms with Crippen molar-refractivity contribution in [1.82, 2.24) is 25.1 Å². The summed E-state index contributed by atoms with van der Waals surface area (Å²) in [4.78, 5) is 37.7. The Morgan fingerprint density at radius 2 is 1.95 bits per heavy atom. The highest BCUT2D eigenvalue weighted by atomic mass is 19.1. The number of amides is 2. The Bertz CT molecular complexity index is 1200. The van der Waals surface area contributed by atoms with Gasteiger partial charge in [0.1, 0.15) is 17.7 Å². The summed E-state index contributed by atoms with van der Waals surface area (Å²) >= 11 is 0. The summed E-state index contributed by atoms with van der Waals surface area (Å²) in [6.45, 7) is 7.72. The molecular weight excluding hydrogens is 509 g/mol. The molecule has 9 nitrogen and oxygen atoms in total. The first-order chi connectivity index (χ1) is 19.1. The van der Waals surface area contributed by atoms with Crippen molar-refractivity contribution in [3.05, 3.63) is 54.0 Å². The van der Waals surface area contributed by atoms with Crippen LogP contribution >= 0.6 is 0 Å². The van der Waals surface area contributed by atoms with Crippen LogP contribution in [0.15, 0.2) is 42.6 Å². The van der Waals surface area contributed by atoms with E-state index in [0.29, 0.717) is 48.9 Å². The van der Waals surface area contributed by atoms with Crippen molar-refractivity contribution < 1.29 is 14.0 Å². The number of benzene rings is 1. The summed E-state index contributed by atoms with van der Waals surface area (Å²) in [5, 5.41) is 9.21. The molecule has 0 radical (unpaired) electrons. The molecule has 1 aromatic heterocycles. The van der Waals surface area contributed by atoms with Crippen molar-refractivity contribution in [3.63, 3.8) is 0 Å². The van der Waals surface area contributed by atoms with E-state index in [9.17, 15) is 14.0 Å². The van der Waals surface area contributed by atoms with E-state index in [4.69, 9.17) is 0 Å². The molecule has 1 atom stereocenters. The predicted octanol–water partition coefficient (Wildman–Crippen LogP) is 4.03. The lowest BCUT2D eigenvalue weighted by atomic mass is 10.0. The van der Waals surface area contributed by atoms with E-state index in [1.165, 1.54) is 23.1 Å². The molecule has 10 heteroatoms. The van der Waals surface area contributed by atoms with Crippen LogP contribution in [0, 0.1) is 23.6 Å². The van der Waals surface area contributed by atoms with E-state index in [-0.39, 0.29) is 23.5 Å². The molecule has 0 bridgehead atoms. The number of unbranched alkanes of at least 4 members (excludes halogenated alkanes) is 1. The summed E-state index contributed by atoms with van der Waals surface area (Å²) in [6, 6.07) is 5.53. The third-order valence-electron chi connectivity index (χ3n) is 5.81. The normalized spacial score (nSPS) is 11.7. The first-order valence-electron chi connectivity index (χ1n) is 13.6. The molecule has 0 aliphatic rings. The molecule has 1 aromatic carbocycles. The lowest BCUT2D eigenvalue weighted by Gasteiger charge is -2.29. The fraction of sp³-hybridized carbons (Fsp3) is 0.467. The van der Waals surface area contributed by atoms with E-state index < -0.39 is 6.04 Å². The number of halogens is 1. The summed E-state index contributed by atoms with van der Waals surface area (Å²) < 4.78 is 13.5. The lowest BCUT2D eigenvalue weighted by molar-refractivity contribution is -0.137. The third kappa shape index (κ3) is 11.0. The van der Waals surface area contributed by atoms with Crippen molar-refractivity contribution in [1.29, 1.82) is 0 Å². The second-order valence-corrected chi connectivity index (χ2v) is 10.0. The van der Waals surface area contributed by atoms with Gasteiger partial charge in [-0.05, 0) is 51.1 Å². The molecule has 0 saturated heterocycles. The zero-order valence-corrected chi connectivity index (χ0v) is 24.4. The Balaban J connectivity index is 1.94. The average molecular weight is 552 g/mol. The molecule has 216 valence electrons. The van der Waals surface area contributed by atoms with Crippen LogP contribution in [0.1, 0.15) is 45.6 Å². The van der Waals surface area contributed by atoms with Crippen LogP contribution in [0.4, 0.5) is 21.8 Å². The van der Waals surface area contributed by atoms with Crippen LogP contribution in [-0.2, 0) is 9.59 Å². The van der Waals surface area contributed by atoms with Gasteiger partial charge in [-0.3, -0.25) is 9.59 Å². The van der Waals surface area contributed by atoms with Gasteiger partial charge in [-0.1, -0.05) is 44.8 Å². The Morgan fingerprint density at radius 3 is 2.62 bits per heavy atom. The van der Waals surface area contributed by atoms with Gasteiger partial charge in [0.15, 0.2) is 0 Å². The standard InChI is InChI=1S/C30H42FN7O2/c1-7-17-32-28-23(21-34-30(36-28)35-25-15-11-14-24(31)20-25)13-9-8-10-18-33-29(40)27(22(2)3)38(6)26(39)16-12-19-37(4)5/h11-12,14-16,20-22,27H,7-8,10,17-19H2,1-6H3,(H,33,40)(H2,32,34,35,36)/t27-/m0/s1. The highest BCUT2D eigenvalue weighted by Gasteiger charge is 2.28. The van der Waals surface area contributed by atoms with E-state index in [1.54, 1.807) is 31.5 Å². The minimum atomic E-state index is -0.563. The summed E-state index contributed by atoms with van der Waals surface area (Å²) in [6.07, 6.45) is 7.06. The molecule has 0 saturated carbocycles. The summed E-state index contributed by atoms with van der Waals surface area (Å²) in [5.74, 6) is 6.41. The molecule has 0 fully saturated rings. The van der Waals surface area contributed by atoms with Crippen molar-refractivity contribution in [3.8, 4) is 11.8 Å². The number of nitrogens with one attached hydrogen (secondary N) is 3. The van der Waals surface area contributed by atoms with Crippen LogP contribution in [0.25, 0.3) is 0 Å². The van der Waals surface area contributed by atoms with Crippen LogP contribution in [0.2, 0.25) is 0 Å². The molecule has 2 aromatic rings. The summed E-state index contributed by atoms with van der Waals surface area (Å²) in [5.41, 5.74) is 1.21. The van der Waals surface area contributed by atoms with Gasteiger partial charge in [-0.2, -0.15) is 4.98 Å². The first-order valence-corrected chi connectivity index (χ1v) is 13.6. The van der Waals surface area contributed by atoms with E-state index >= 15 is 0 Å².